The van der Waals surface area contributed by atoms with Crippen molar-refractivity contribution in [2.45, 2.75) is 0 Å². The molecule has 0 unspecified atom stereocenters. The summed E-state index contributed by atoms with van der Waals surface area (Å²) in [7, 11) is 0. The van der Waals surface area contributed by atoms with Crippen LogP contribution in [0.4, 0.5) is 5.69 Å². The molecule has 0 bridgehead atoms. The molecule has 1 aromatic rings. The second-order valence-electron chi connectivity index (χ2n) is 3.03. The second kappa shape index (κ2) is 5.17. The minimum Gasteiger partial charge on any atom is -0.370 e. The Morgan fingerprint density at radius 2 is 1.82 bits per heavy atom. The average molecular weight is 255 g/mol. The number of nitrogens with two attached hydrogens (primary N) is 4. The molecular weight excluding hydrogens is 244 g/mol. The topological polar surface area (TPSA) is 146 Å². The van der Waals surface area contributed by atoms with Gasteiger partial charge in [0, 0.05) is 5.02 Å². The van der Waals surface area contributed by atoms with Crippen molar-refractivity contribution in [1.82, 2.24) is 0 Å². The standard InChI is InChI=1S/C9H11ClN6O/c10-4-1-2-6(5(3-4)7(11)17)15-9(14)16-8(12)13/h1-3H,(H2,11,17)(H6,12,13,14,15,16). The van der Waals surface area contributed by atoms with Gasteiger partial charge in [-0.25, -0.2) is 4.99 Å². The predicted molar refractivity (Wildman–Crippen MR) is 67.1 cm³/mol. The first-order chi connectivity index (χ1) is 7.90. The first-order valence-electron chi connectivity index (χ1n) is 4.43. The summed E-state index contributed by atoms with van der Waals surface area (Å²) in [4.78, 5) is 18.5. The van der Waals surface area contributed by atoms with E-state index in [1.54, 1.807) is 0 Å². The number of aliphatic imine (C=N–C) groups is 2. The van der Waals surface area contributed by atoms with Crippen molar-refractivity contribution in [3.8, 4) is 0 Å². The molecule has 90 valence electrons. The molecule has 8 N–H and O–H groups in total. The van der Waals surface area contributed by atoms with Crippen molar-refractivity contribution in [3.63, 3.8) is 0 Å². The lowest BCUT2D eigenvalue weighted by Gasteiger charge is -2.02. The van der Waals surface area contributed by atoms with Crippen LogP contribution in [-0.2, 0) is 0 Å². The minimum absolute atomic E-state index is 0.131. The predicted octanol–water partition coefficient (Wildman–Crippen LogP) is -0.342. The molecule has 1 rings (SSSR count). The first kappa shape index (κ1) is 12.8. The maximum Gasteiger partial charge on any atom is 0.250 e. The molecule has 0 aromatic heterocycles. The zero-order chi connectivity index (χ0) is 13.0. The Morgan fingerprint density at radius 1 is 1.18 bits per heavy atom. The SMILES string of the molecule is NC(=O)c1cc(Cl)ccc1N=C(N)N=C(N)N. The molecular formula is C9H11ClN6O. The van der Waals surface area contributed by atoms with E-state index in [1.165, 1.54) is 18.2 Å². The number of halogens is 1. The van der Waals surface area contributed by atoms with Gasteiger partial charge in [0.2, 0.25) is 5.96 Å². The van der Waals surface area contributed by atoms with E-state index in [0.717, 1.165) is 0 Å². The summed E-state index contributed by atoms with van der Waals surface area (Å²) in [5, 5.41) is 0.359. The fourth-order valence-electron chi connectivity index (χ4n) is 1.08. The molecule has 0 fully saturated rings. The Labute approximate surface area is 102 Å². The van der Waals surface area contributed by atoms with Gasteiger partial charge in [-0.05, 0) is 18.2 Å². The van der Waals surface area contributed by atoms with Crippen LogP contribution in [0.5, 0.6) is 0 Å². The van der Waals surface area contributed by atoms with Crippen LogP contribution in [0.1, 0.15) is 10.4 Å². The summed E-state index contributed by atoms with van der Waals surface area (Å²) < 4.78 is 0. The quantitative estimate of drug-likeness (QED) is 0.422. The smallest absolute Gasteiger partial charge is 0.250 e. The van der Waals surface area contributed by atoms with Crippen LogP contribution in [0.25, 0.3) is 0 Å². The molecule has 0 saturated carbocycles. The lowest BCUT2D eigenvalue weighted by molar-refractivity contribution is 0.100. The summed E-state index contributed by atoms with van der Waals surface area (Å²) in [6.45, 7) is 0. The average Bonchev–Trinajstić information content (AvgIpc) is 2.19. The van der Waals surface area contributed by atoms with Gasteiger partial charge in [-0.1, -0.05) is 11.6 Å². The number of hydrogen-bond donors (Lipinski definition) is 4. The van der Waals surface area contributed by atoms with Gasteiger partial charge < -0.3 is 22.9 Å². The number of primary amides is 1. The number of carbonyl (C=O) groups is 1. The second-order valence-corrected chi connectivity index (χ2v) is 3.47. The van der Waals surface area contributed by atoms with Crippen molar-refractivity contribution in [2.75, 3.05) is 0 Å². The number of benzene rings is 1. The van der Waals surface area contributed by atoms with Crippen molar-refractivity contribution in [3.05, 3.63) is 28.8 Å². The first-order valence-corrected chi connectivity index (χ1v) is 4.81. The Bertz CT molecular complexity index is 506. The highest BCUT2D eigenvalue weighted by Gasteiger charge is 2.08. The van der Waals surface area contributed by atoms with Crippen LogP contribution in [0.15, 0.2) is 28.2 Å². The van der Waals surface area contributed by atoms with Crippen molar-refractivity contribution in [2.24, 2.45) is 32.9 Å². The minimum atomic E-state index is -0.677. The number of carbonyl (C=O) groups excluding carboxylic acids is 1. The summed E-state index contributed by atoms with van der Waals surface area (Å²) in [6, 6.07) is 4.40. The highest BCUT2D eigenvalue weighted by molar-refractivity contribution is 6.31. The molecule has 17 heavy (non-hydrogen) atoms. The molecule has 1 amide bonds. The molecule has 0 aliphatic rings. The van der Waals surface area contributed by atoms with Crippen molar-refractivity contribution >= 4 is 35.1 Å². The zero-order valence-corrected chi connectivity index (χ0v) is 9.48. The van der Waals surface area contributed by atoms with Crippen molar-refractivity contribution in [1.29, 1.82) is 0 Å². The van der Waals surface area contributed by atoms with Crippen LogP contribution >= 0.6 is 11.6 Å². The molecule has 1 aromatic carbocycles. The molecule has 0 heterocycles. The maximum absolute atomic E-state index is 11.1. The van der Waals surface area contributed by atoms with Gasteiger partial charge in [0.05, 0.1) is 11.3 Å². The van der Waals surface area contributed by atoms with E-state index < -0.39 is 5.91 Å². The lowest BCUT2D eigenvalue weighted by Crippen LogP contribution is -2.26. The number of nitrogens with zero attached hydrogens (tertiary/aromatic N) is 2. The van der Waals surface area contributed by atoms with Crippen LogP contribution in [0, 0.1) is 0 Å². The van der Waals surface area contributed by atoms with Crippen LogP contribution in [-0.4, -0.2) is 17.8 Å². The molecule has 0 saturated heterocycles. The summed E-state index contributed by atoms with van der Waals surface area (Å²) >= 11 is 5.73. The van der Waals surface area contributed by atoms with E-state index >= 15 is 0 Å². The summed E-state index contributed by atoms with van der Waals surface area (Å²) in [6.07, 6.45) is 0. The van der Waals surface area contributed by atoms with Gasteiger partial charge in [0.15, 0.2) is 5.96 Å². The highest BCUT2D eigenvalue weighted by Crippen LogP contribution is 2.22. The Hall–Kier alpha value is -2.28. The van der Waals surface area contributed by atoms with E-state index in [-0.39, 0.29) is 23.2 Å². The van der Waals surface area contributed by atoms with Gasteiger partial charge in [-0.2, -0.15) is 4.99 Å². The largest absolute Gasteiger partial charge is 0.370 e. The molecule has 0 spiro atoms. The molecule has 7 nitrogen and oxygen atoms in total. The monoisotopic (exact) mass is 254 g/mol. The van der Waals surface area contributed by atoms with E-state index in [2.05, 4.69) is 9.98 Å². The third-order valence-corrected chi connectivity index (χ3v) is 1.94. The summed E-state index contributed by atoms with van der Waals surface area (Å²) in [5.74, 6) is -1.10. The molecule has 0 aliphatic heterocycles. The van der Waals surface area contributed by atoms with Gasteiger partial charge in [-0.3, -0.25) is 4.79 Å². The fraction of sp³-hybridized carbons (Fsp3) is 0. The number of guanidine groups is 2. The fourth-order valence-corrected chi connectivity index (χ4v) is 1.26. The third kappa shape index (κ3) is 3.65. The van der Waals surface area contributed by atoms with E-state index in [4.69, 9.17) is 34.5 Å². The summed E-state index contributed by atoms with van der Waals surface area (Å²) in [5.41, 5.74) is 21.2. The van der Waals surface area contributed by atoms with E-state index in [9.17, 15) is 4.79 Å². The van der Waals surface area contributed by atoms with Crippen LogP contribution < -0.4 is 22.9 Å². The maximum atomic E-state index is 11.1. The van der Waals surface area contributed by atoms with Crippen LogP contribution in [0.3, 0.4) is 0 Å². The van der Waals surface area contributed by atoms with Gasteiger partial charge in [-0.15, -0.1) is 0 Å². The molecule has 0 radical (unpaired) electrons. The number of rotatable bonds is 2. The normalized spacial score (nSPS) is 11.0. The van der Waals surface area contributed by atoms with E-state index in [1.807, 2.05) is 0 Å². The lowest BCUT2D eigenvalue weighted by atomic mass is 10.2. The van der Waals surface area contributed by atoms with Gasteiger partial charge in [0.25, 0.3) is 5.91 Å². The number of hydrogen-bond acceptors (Lipinski definition) is 2. The molecule has 0 atom stereocenters. The Morgan fingerprint density at radius 3 is 2.35 bits per heavy atom. The number of amides is 1. The molecule has 8 heteroatoms. The molecule has 0 aliphatic carbocycles. The Kier molecular flexibility index (Phi) is 3.89. The van der Waals surface area contributed by atoms with Gasteiger partial charge in [0.1, 0.15) is 0 Å². The zero-order valence-electron chi connectivity index (χ0n) is 8.72. The van der Waals surface area contributed by atoms with Crippen molar-refractivity contribution < 1.29 is 4.79 Å². The highest BCUT2D eigenvalue weighted by atomic mass is 35.5. The van der Waals surface area contributed by atoms with E-state index in [0.29, 0.717) is 5.02 Å². The Balaban J connectivity index is 3.23. The van der Waals surface area contributed by atoms with Gasteiger partial charge >= 0.3 is 0 Å². The van der Waals surface area contributed by atoms with Crippen LogP contribution in [0.2, 0.25) is 5.02 Å². The third-order valence-electron chi connectivity index (χ3n) is 1.70.